The Kier molecular flexibility index (Phi) is 2.77. The third-order valence-corrected chi connectivity index (χ3v) is 6.00. The zero-order valence-corrected chi connectivity index (χ0v) is 11.2. The van der Waals surface area contributed by atoms with Gasteiger partial charge in [-0.05, 0) is 19.1 Å². The fourth-order valence-electron chi connectivity index (χ4n) is 1.85. The fourth-order valence-corrected chi connectivity index (χ4v) is 4.15. The molecule has 1 amide bonds. The van der Waals surface area contributed by atoms with Crippen LogP contribution in [0.15, 0.2) is 24.3 Å². The van der Waals surface area contributed by atoms with Gasteiger partial charge in [-0.25, -0.2) is 9.34 Å². The minimum absolute atomic E-state index is 0.253. The first-order valence-electron chi connectivity index (χ1n) is 6.10. The Morgan fingerprint density at radius 1 is 1.11 bits per heavy atom. The smallest absolute Gasteiger partial charge is 0.279 e. The van der Waals surface area contributed by atoms with Gasteiger partial charge in [0.25, 0.3) is 5.91 Å². The molecule has 0 aliphatic carbocycles. The molecule has 0 spiro atoms. The highest BCUT2D eigenvalue weighted by atomic mass is 31.2. The van der Waals surface area contributed by atoms with Gasteiger partial charge in [0.1, 0.15) is 0 Å². The summed E-state index contributed by atoms with van der Waals surface area (Å²) in [6.45, 7) is 5.20. The van der Waals surface area contributed by atoms with Crippen LogP contribution in [0, 0.1) is 6.92 Å². The van der Waals surface area contributed by atoms with Crippen LogP contribution in [-0.2, 0) is 4.57 Å². The predicted molar refractivity (Wildman–Crippen MR) is 69.4 cm³/mol. The second-order valence-corrected chi connectivity index (χ2v) is 7.20. The second-order valence-electron chi connectivity index (χ2n) is 4.76. The van der Waals surface area contributed by atoms with Crippen molar-refractivity contribution in [2.45, 2.75) is 6.92 Å². The standard InChI is InChI=1S/C12H16N3O2P/c1-10-2-4-11(5-3-10)12(16)13-18(17,14-6-7-14)15-8-9-15/h2-5H,6-9H2,1H3,(H,13,16,17). The Bertz CT molecular complexity index is 505. The van der Waals surface area contributed by atoms with Crippen molar-refractivity contribution in [2.75, 3.05) is 26.2 Å². The van der Waals surface area contributed by atoms with E-state index in [0.29, 0.717) is 5.56 Å². The maximum Gasteiger partial charge on any atom is 0.311 e. The van der Waals surface area contributed by atoms with E-state index in [0.717, 1.165) is 31.7 Å². The zero-order valence-electron chi connectivity index (χ0n) is 10.3. The van der Waals surface area contributed by atoms with Gasteiger partial charge in [-0.2, -0.15) is 0 Å². The highest BCUT2D eigenvalue weighted by Crippen LogP contribution is 2.56. The van der Waals surface area contributed by atoms with Crippen molar-refractivity contribution in [1.29, 1.82) is 0 Å². The highest BCUT2D eigenvalue weighted by molar-refractivity contribution is 7.58. The molecule has 0 radical (unpaired) electrons. The van der Waals surface area contributed by atoms with Gasteiger partial charge in [-0.3, -0.25) is 14.4 Å². The number of aryl methyl sites for hydroxylation is 1. The van der Waals surface area contributed by atoms with Crippen LogP contribution >= 0.6 is 7.59 Å². The molecule has 2 fully saturated rings. The van der Waals surface area contributed by atoms with Crippen LogP contribution in [0.1, 0.15) is 15.9 Å². The van der Waals surface area contributed by atoms with E-state index in [9.17, 15) is 9.36 Å². The van der Waals surface area contributed by atoms with Gasteiger partial charge >= 0.3 is 7.59 Å². The number of carbonyl (C=O) groups excluding carboxylic acids is 1. The van der Waals surface area contributed by atoms with E-state index < -0.39 is 7.59 Å². The SMILES string of the molecule is Cc1ccc(C(=O)NP(=O)(N2CC2)N2CC2)cc1. The molecule has 6 heteroatoms. The molecule has 5 nitrogen and oxygen atoms in total. The molecular formula is C12H16N3O2P. The van der Waals surface area contributed by atoms with Crippen LogP contribution in [0.4, 0.5) is 0 Å². The molecular weight excluding hydrogens is 249 g/mol. The lowest BCUT2D eigenvalue weighted by Crippen LogP contribution is -2.27. The van der Waals surface area contributed by atoms with E-state index in [1.807, 2.05) is 28.4 Å². The average molecular weight is 265 g/mol. The molecule has 3 rings (SSSR count). The minimum atomic E-state index is -2.81. The van der Waals surface area contributed by atoms with Gasteiger partial charge in [0.05, 0.1) is 0 Å². The molecule has 2 aliphatic heterocycles. The van der Waals surface area contributed by atoms with Crippen molar-refractivity contribution < 1.29 is 9.36 Å². The Morgan fingerprint density at radius 3 is 2.06 bits per heavy atom. The first-order chi connectivity index (χ1) is 8.59. The normalized spacial score (nSPS) is 19.6. The Morgan fingerprint density at radius 2 is 1.61 bits per heavy atom. The summed E-state index contributed by atoms with van der Waals surface area (Å²) in [4.78, 5) is 12.1. The van der Waals surface area contributed by atoms with Gasteiger partial charge in [0.2, 0.25) is 0 Å². The number of benzene rings is 1. The topological polar surface area (TPSA) is 52.2 Å². The molecule has 18 heavy (non-hydrogen) atoms. The van der Waals surface area contributed by atoms with Crippen molar-refractivity contribution >= 4 is 13.5 Å². The molecule has 2 saturated heterocycles. The van der Waals surface area contributed by atoms with Crippen molar-refractivity contribution in [3.8, 4) is 0 Å². The second kappa shape index (κ2) is 4.19. The van der Waals surface area contributed by atoms with Crippen molar-refractivity contribution in [3.05, 3.63) is 35.4 Å². The largest absolute Gasteiger partial charge is 0.311 e. The van der Waals surface area contributed by atoms with E-state index in [1.165, 1.54) is 0 Å². The number of hydrogen-bond donors (Lipinski definition) is 1. The molecule has 1 N–H and O–H groups in total. The lowest BCUT2D eigenvalue weighted by atomic mass is 10.1. The van der Waals surface area contributed by atoms with Crippen LogP contribution in [-0.4, -0.2) is 41.4 Å². The third kappa shape index (κ3) is 2.21. The van der Waals surface area contributed by atoms with Crippen LogP contribution in [0.5, 0.6) is 0 Å². The summed E-state index contributed by atoms with van der Waals surface area (Å²) >= 11 is 0. The first kappa shape index (κ1) is 11.9. The molecule has 0 unspecified atom stereocenters. The molecule has 2 heterocycles. The zero-order chi connectivity index (χ0) is 12.8. The highest BCUT2D eigenvalue weighted by Gasteiger charge is 2.49. The van der Waals surface area contributed by atoms with Crippen molar-refractivity contribution in [1.82, 2.24) is 14.4 Å². The summed E-state index contributed by atoms with van der Waals surface area (Å²) in [6.07, 6.45) is 0. The maximum absolute atomic E-state index is 12.7. The lowest BCUT2D eigenvalue weighted by molar-refractivity contribution is 0.0977. The average Bonchev–Trinajstić information content (AvgIpc) is 3.18. The van der Waals surface area contributed by atoms with E-state index in [4.69, 9.17) is 0 Å². The minimum Gasteiger partial charge on any atom is -0.279 e. The molecule has 0 aromatic heterocycles. The first-order valence-corrected chi connectivity index (χ1v) is 7.71. The monoisotopic (exact) mass is 265 g/mol. The fraction of sp³-hybridized carbons (Fsp3) is 0.417. The number of amides is 1. The summed E-state index contributed by atoms with van der Waals surface area (Å²) in [6, 6.07) is 7.29. The van der Waals surface area contributed by atoms with Crippen LogP contribution in [0.3, 0.4) is 0 Å². The lowest BCUT2D eigenvalue weighted by Gasteiger charge is -2.20. The summed E-state index contributed by atoms with van der Waals surface area (Å²) < 4.78 is 16.4. The number of nitrogens with zero attached hydrogens (tertiary/aromatic N) is 2. The van der Waals surface area contributed by atoms with E-state index >= 15 is 0 Å². The van der Waals surface area contributed by atoms with Gasteiger partial charge in [0.15, 0.2) is 0 Å². The Balaban J connectivity index is 1.77. The maximum atomic E-state index is 12.7. The predicted octanol–water partition coefficient (Wildman–Crippen LogP) is 1.46. The molecule has 0 atom stereocenters. The number of nitrogens with one attached hydrogen (secondary N) is 1. The molecule has 1 aromatic carbocycles. The Labute approximate surface area is 106 Å². The van der Waals surface area contributed by atoms with Gasteiger partial charge < -0.3 is 0 Å². The van der Waals surface area contributed by atoms with Gasteiger partial charge in [-0.1, -0.05) is 17.7 Å². The quantitative estimate of drug-likeness (QED) is 0.661. The van der Waals surface area contributed by atoms with Crippen molar-refractivity contribution in [2.24, 2.45) is 0 Å². The summed E-state index contributed by atoms with van der Waals surface area (Å²) in [5, 5.41) is 2.72. The number of hydrogen-bond acceptors (Lipinski definition) is 2. The molecule has 0 bridgehead atoms. The Hall–Kier alpha value is -1.16. The van der Waals surface area contributed by atoms with Crippen LogP contribution < -0.4 is 5.09 Å². The number of rotatable bonds is 4. The third-order valence-electron chi connectivity index (χ3n) is 3.17. The summed E-state index contributed by atoms with van der Waals surface area (Å²) in [7, 11) is -2.81. The molecule has 1 aromatic rings. The number of carbonyl (C=O) groups is 1. The van der Waals surface area contributed by atoms with E-state index in [1.54, 1.807) is 12.1 Å². The van der Waals surface area contributed by atoms with E-state index in [-0.39, 0.29) is 5.91 Å². The molecule has 0 saturated carbocycles. The van der Waals surface area contributed by atoms with E-state index in [2.05, 4.69) is 5.09 Å². The van der Waals surface area contributed by atoms with Crippen LogP contribution in [0.25, 0.3) is 0 Å². The van der Waals surface area contributed by atoms with Crippen molar-refractivity contribution in [3.63, 3.8) is 0 Å². The van der Waals surface area contributed by atoms with Gasteiger partial charge in [0, 0.05) is 31.7 Å². The molecule has 2 aliphatic rings. The summed E-state index contributed by atoms with van der Waals surface area (Å²) in [5.74, 6) is -0.253. The van der Waals surface area contributed by atoms with Gasteiger partial charge in [-0.15, -0.1) is 0 Å². The molecule has 96 valence electrons. The van der Waals surface area contributed by atoms with Crippen LogP contribution in [0.2, 0.25) is 0 Å². The summed E-state index contributed by atoms with van der Waals surface area (Å²) in [5.41, 5.74) is 1.66.